The SMILES string of the molecule is CC(=O)c1cncc(N2Cc3cn(Cc4ccc(F)cc4)nc3C2)n1. The molecule has 7 heteroatoms. The van der Waals surface area contributed by atoms with Crippen molar-refractivity contribution in [1.29, 1.82) is 0 Å². The third-order valence-corrected chi connectivity index (χ3v) is 4.19. The minimum Gasteiger partial charge on any atom is -0.345 e. The molecule has 0 saturated heterocycles. The molecule has 0 atom stereocenters. The Morgan fingerprint density at radius 3 is 2.72 bits per heavy atom. The highest BCUT2D eigenvalue weighted by Gasteiger charge is 2.24. The monoisotopic (exact) mass is 337 g/mol. The fourth-order valence-electron chi connectivity index (χ4n) is 2.91. The summed E-state index contributed by atoms with van der Waals surface area (Å²) in [6.45, 7) is 3.38. The van der Waals surface area contributed by atoms with Crippen LogP contribution in [0.2, 0.25) is 0 Å². The van der Waals surface area contributed by atoms with Crippen molar-refractivity contribution in [2.45, 2.75) is 26.6 Å². The van der Waals surface area contributed by atoms with Crippen LogP contribution in [0.25, 0.3) is 0 Å². The zero-order valence-electron chi connectivity index (χ0n) is 13.7. The summed E-state index contributed by atoms with van der Waals surface area (Å²) in [5.41, 5.74) is 3.47. The minimum atomic E-state index is -0.240. The molecule has 0 aliphatic carbocycles. The van der Waals surface area contributed by atoms with E-state index in [1.165, 1.54) is 25.3 Å². The summed E-state index contributed by atoms with van der Waals surface area (Å²) in [5, 5.41) is 4.61. The largest absolute Gasteiger partial charge is 0.345 e. The lowest BCUT2D eigenvalue weighted by atomic mass is 10.2. The Morgan fingerprint density at radius 1 is 1.20 bits per heavy atom. The molecule has 1 aliphatic rings. The van der Waals surface area contributed by atoms with Gasteiger partial charge in [0.25, 0.3) is 0 Å². The maximum Gasteiger partial charge on any atom is 0.179 e. The number of carbonyl (C=O) groups excluding carboxylic acids is 1. The molecule has 0 bridgehead atoms. The second-order valence-electron chi connectivity index (χ2n) is 6.10. The third-order valence-electron chi connectivity index (χ3n) is 4.19. The van der Waals surface area contributed by atoms with Crippen LogP contribution >= 0.6 is 0 Å². The van der Waals surface area contributed by atoms with Crippen molar-refractivity contribution >= 4 is 11.6 Å². The smallest absolute Gasteiger partial charge is 0.179 e. The van der Waals surface area contributed by atoms with Gasteiger partial charge in [-0.15, -0.1) is 0 Å². The molecule has 126 valence electrons. The molecule has 0 spiro atoms. The third kappa shape index (κ3) is 3.13. The van der Waals surface area contributed by atoms with Crippen LogP contribution in [-0.2, 0) is 19.6 Å². The predicted octanol–water partition coefficient (Wildman–Crippen LogP) is 2.58. The van der Waals surface area contributed by atoms with Crippen molar-refractivity contribution in [3.05, 3.63) is 71.2 Å². The fourth-order valence-corrected chi connectivity index (χ4v) is 2.91. The normalized spacial score (nSPS) is 13.1. The lowest BCUT2D eigenvalue weighted by Crippen LogP contribution is -2.18. The van der Waals surface area contributed by atoms with Crippen LogP contribution in [0.4, 0.5) is 10.2 Å². The van der Waals surface area contributed by atoms with E-state index >= 15 is 0 Å². The second-order valence-corrected chi connectivity index (χ2v) is 6.10. The van der Waals surface area contributed by atoms with Crippen LogP contribution < -0.4 is 4.90 Å². The number of fused-ring (bicyclic) bond motifs is 1. The van der Waals surface area contributed by atoms with Gasteiger partial charge in [0.2, 0.25) is 0 Å². The van der Waals surface area contributed by atoms with Gasteiger partial charge in [-0.3, -0.25) is 14.5 Å². The molecule has 3 heterocycles. The first-order valence-corrected chi connectivity index (χ1v) is 7.96. The Labute approximate surface area is 143 Å². The van der Waals surface area contributed by atoms with E-state index in [0.717, 1.165) is 16.8 Å². The Hall–Kier alpha value is -3.09. The van der Waals surface area contributed by atoms with Gasteiger partial charge in [-0.1, -0.05) is 12.1 Å². The van der Waals surface area contributed by atoms with E-state index in [4.69, 9.17) is 0 Å². The minimum absolute atomic E-state index is 0.101. The number of Topliss-reactive ketones (excluding diaryl/α,β-unsaturated/α-hetero) is 1. The molecule has 2 aromatic heterocycles. The number of rotatable bonds is 4. The number of nitrogens with zero attached hydrogens (tertiary/aromatic N) is 5. The highest BCUT2D eigenvalue weighted by Crippen LogP contribution is 2.26. The van der Waals surface area contributed by atoms with Crippen LogP contribution in [0.5, 0.6) is 0 Å². The van der Waals surface area contributed by atoms with Gasteiger partial charge < -0.3 is 4.90 Å². The highest BCUT2D eigenvalue weighted by atomic mass is 19.1. The van der Waals surface area contributed by atoms with Crippen LogP contribution in [0.3, 0.4) is 0 Å². The summed E-state index contributed by atoms with van der Waals surface area (Å²) >= 11 is 0. The van der Waals surface area contributed by atoms with Gasteiger partial charge in [-0.25, -0.2) is 9.37 Å². The molecule has 0 saturated carbocycles. The van der Waals surface area contributed by atoms with Gasteiger partial charge >= 0.3 is 0 Å². The molecule has 0 fully saturated rings. The predicted molar refractivity (Wildman–Crippen MR) is 89.7 cm³/mol. The number of ketones is 1. The van der Waals surface area contributed by atoms with E-state index in [0.29, 0.717) is 31.1 Å². The number of hydrogen-bond acceptors (Lipinski definition) is 5. The van der Waals surface area contributed by atoms with Crippen molar-refractivity contribution in [3.63, 3.8) is 0 Å². The number of benzene rings is 1. The molecule has 0 N–H and O–H groups in total. The summed E-state index contributed by atoms with van der Waals surface area (Å²) in [6.07, 6.45) is 5.13. The lowest BCUT2D eigenvalue weighted by Gasteiger charge is -2.16. The van der Waals surface area contributed by atoms with Gasteiger partial charge in [-0.05, 0) is 17.7 Å². The van der Waals surface area contributed by atoms with Crippen molar-refractivity contribution in [1.82, 2.24) is 19.7 Å². The summed E-state index contributed by atoms with van der Waals surface area (Å²) in [5.74, 6) is 0.336. The average molecular weight is 337 g/mol. The fraction of sp³-hybridized carbons (Fsp3) is 0.222. The molecule has 6 nitrogen and oxygen atoms in total. The van der Waals surface area contributed by atoms with Gasteiger partial charge in [0.1, 0.15) is 17.3 Å². The topological polar surface area (TPSA) is 63.9 Å². The first kappa shape index (κ1) is 15.4. The maximum absolute atomic E-state index is 13.0. The van der Waals surface area contributed by atoms with Crippen LogP contribution in [-0.4, -0.2) is 25.5 Å². The quantitative estimate of drug-likeness (QED) is 0.685. The molecular weight excluding hydrogens is 321 g/mol. The van der Waals surface area contributed by atoms with Crippen molar-refractivity contribution in [2.24, 2.45) is 0 Å². The Bertz CT molecular complexity index is 911. The van der Waals surface area contributed by atoms with Gasteiger partial charge in [-0.2, -0.15) is 5.10 Å². The summed E-state index contributed by atoms with van der Waals surface area (Å²) < 4.78 is 14.8. The molecular formula is C18H16FN5O. The molecule has 0 unspecified atom stereocenters. The summed E-state index contributed by atoms with van der Waals surface area (Å²) in [7, 11) is 0. The average Bonchev–Trinajstić information content (AvgIpc) is 3.15. The highest BCUT2D eigenvalue weighted by molar-refractivity contribution is 5.92. The molecule has 1 aliphatic heterocycles. The lowest BCUT2D eigenvalue weighted by molar-refractivity contribution is 0.101. The Kier molecular flexibility index (Phi) is 3.76. The standard InChI is InChI=1S/C18H16FN5O/c1-12(25)16-6-20-7-18(21-16)23-9-14-10-24(22-17(14)11-23)8-13-2-4-15(19)5-3-13/h2-7,10H,8-9,11H2,1H3. The molecule has 25 heavy (non-hydrogen) atoms. The number of halogens is 1. The maximum atomic E-state index is 13.0. The van der Waals surface area contributed by atoms with E-state index < -0.39 is 0 Å². The Morgan fingerprint density at radius 2 is 2.00 bits per heavy atom. The number of aromatic nitrogens is 4. The van der Waals surface area contributed by atoms with E-state index in [1.54, 1.807) is 18.3 Å². The summed E-state index contributed by atoms with van der Waals surface area (Å²) in [4.78, 5) is 22.0. The van der Waals surface area contributed by atoms with E-state index in [-0.39, 0.29) is 11.6 Å². The number of anilines is 1. The molecule has 4 rings (SSSR count). The van der Waals surface area contributed by atoms with Crippen molar-refractivity contribution < 1.29 is 9.18 Å². The zero-order chi connectivity index (χ0) is 17.4. The number of carbonyl (C=O) groups is 1. The zero-order valence-corrected chi connectivity index (χ0v) is 13.7. The van der Waals surface area contributed by atoms with Gasteiger partial charge in [0.05, 0.1) is 31.2 Å². The van der Waals surface area contributed by atoms with E-state index in [9.17, 15) is 9.18 Å². The summed E-state index contributed by atoms with van der Waals surface area (Å²) in [6, 6.07) is 6.43. The van der Waals surface area contributed by atoms with Crippen LogP contribution in [0, 0.1) is 5.82 Å². The van der Waals surface area contributed by atoms with E-state index in [1.807, 2.05) is 15.8 Å². The van der Waals surface area contributed by atoms with E-state index in [2.05, 4.69) is 15.1 Å². The Balaban J connectivity index is 1.49. The second kappa shape index (κ2) is 6.08. The molecule has 3 aromatic rings. The van der Waals surface area contributed by atoms with Crippen molar-refractivity contribution in [2.75, 3.05) is 4.90 Å². The van der Waals surface area contributed by atoms with Crippen molar-refractivity contribution in [3.8, 4) is 0 Å². The molecule has 0 amide bonds. The first-order valence-electron chi connectivity index (χ1n) is 7.96. The molecule has 0 radical (unpaired) electrons. The van der Waals surface area contributed by atoms with Gasteiger partial charge in [0.15, 0.2) is 5.78 Å². The van der Waals surface area contributed by atoms with Crippen LogP contribution in [0.1, 0.15) is 34.2 Å². The van der Waals surface area contributed by atoms with Gasteiger partial charge in [0, 0.05) is 25.2 Å². The first-order chi connectivity index (χ1) is 12.1. The number of hydrogen-bond donors (Lipinski definition) is 0. The van der Waals surface area contributed by atoms with Crippen LogP contribution in [0.15, 0.2) is 42.9 Å². The molecule has 1 aromatic carbocycles.